The maximum absolute atomic E-state index is 12.5. The zero-order valence-electron chi connectivity index (χ0n) is 14.0. The number of hydrogen-bond donors (Lipinski definition) is 1. The third-order valence-electron chi connectivity index (χ3n) is 4.73. The summed E-state index contributed by atoms with van der Waals surface area (Å²) in [4.78, 5) is 22.7. The lowest BCUT2D eigenvalue weighted by atomic mass is 9.81. The zero-order valence-corrected chi connectivity index (χ0v) is 14.0. The molecule has 1 unspecified atom stereocenters. The fourth-order valence-electron chi connectivity index (χ4n) is 3.50. The molecule has 7 nitrogen and oxygen atoms in total. The van der Waals surface area contributed by atoms with Crippen LogP contribution in [0.2, 0.25) is 0 Å². The largest absolute Gasteiger partial charge is 0.347 e. The molecule has 2 aromatic rings. The van der Waals surface area contributed by atoms with Gasteiger partial charge < -0.3 is 5.32 Å². The molecule has 1 fully saturated rings. The van der Waals surface area contributed by atoms with E-state index < -0.39 is 4.92 Å². The summed E-state index contributed by atoms with van der Waals surface area (Å²) in [5.74, 6) is 0.240. The summed E-state index contributed by atoms with van der Waals surface area (Å²) in [6, 6.07) is 9.98. The number of rotatable bonds is 6. The van der Waals surface area contributed by atoms with Crippen molar-refractivity contribution in [1.29, 1.82) is 0 Å². The number of nitrogens with one attached hydrogen (secondary N) is 1. The van der Waals surface area contributed by atoms with Crippen LogP contribution in [0, 0.1) is 16.0 Å². The molecule has 0 bridgehead atoms. The molecule has 1 aromatic heterocycles. The quantitative estimate of drug-likeness (QED) is 0.644. The van der Waals surface area contributed by atoms with E-state index in [1.165, 1.54) is 30.1 Å². The van der Waals surface area contributed by atoms with Crippen LogP contribution in [0.3, 0.4) is 0 Å². The summed E-state index contributed by atoms with van der Waals surface area (Å²) in [6.45, 7) is -0.0239. The lowest BCUT2D eigenvalue weighted by Crippen LogP contribution is -2.36. The van der Waals surface area contributed by atoms with Crippen molar-refractivity contribution in [3.8, 4) is 0 Å². The van der Waals surface area contributed by atoms with E-state index in [0.29, 0.717) is 5.92 Å². The van der Waals surface area contributed by atoms with Crippen LogP contribution in [-0.2, 0) is 11.3 Å². The minimum absolute atomic E-state index is 0.0239. The Hall–Kier alpha value is -2.70. The molecule has 0 spiro atoms. The molecule has 3 rings (SSSR count). The molecule has 1 aliphatic rings. The molecule has 0 saturated heterocycles. The first-order valence-electron chi connectivity index (χ1n) is 8.64. The van der Waals surface area contributed by atoms with Crippen LogP contribution in [0.4, 0.5) is 5.69 Å². The van der Waals surface area contributed by atoms with Gasteiger partial charge in [0.15, 0.2) is 0 Å². The van der Waals surface area contributed by atoms with Crippen molar-refractivity contribution >= 4 is 11.6 Å². The van der Waals surface area contributed by atoms with Gasteiger partial charge in [-0.25, -0.2) is 0 Å². The Kier molecular flexibility index (Phi) is 5.42. The van der Waals surface area contributed by atoms with Crippen molar-refractivity contribution in [2.24, 2.45) is 5.92 Å². The van der Waals surface area contributed by atoms with Gasteiger partial charge >= 0.3 is 5.69 Å². The van der Waals surface area contributed by atoms with Crippen molar-refractivity contribution < 1.29 is 9.72 Å². The standard InChI is InChI=1S/C18H22N4O3/c23-17(13-21-12-16(11-19-21)22(24)25)20-18(14-7-3-1-4-8-14)15-9-5-2-6-10-15/h1,3-4,7-8,11-12,15,18H,2,5-6,9-10,13H2,(H,20,23). The molecule has 1 aliphatic carbocycles. The highest BCUT2D eigenvalue weighted by Crippen LogP contribution is 2.34. The van der Waals surface area contributed by atoms with Gasteiger partial charge in [-0.2, -0.15) is 5.10 Å². The van der Waals surface area contributed by atoms with Crippen LogP contribution in [0.5, 0.6) is 0 Å². The molecule has 1 amide bonds. The smallest absolute Gasteiger partial charge is 0.307 e. The molecule has 1 aromatic carbocycles. The molecule has 132 valence electrons. The number of nitro groups is 1. The fourth-order valence-corrected chi connectivity index (χ4v) is 3.50. The summed E-state index contributed by atoms with van der Waals surface area (Å²) in [6.07, 6.45) is 8.27. The van der Waals surface area contributed by atoms with E-state index in [0.717, 1.165) is 24.6 Å². The number of aromatic nitrogens is 2. The predicted octanol–water partition coefficient (Wildman–Crippen LogP) is 3.23. The van der Waals surface area contributed by atoms with Gasteiger partial charge in [-0.3, -0.25) is 19.6 Å². The molecule has 1 N–H and O–H groups in total. The van der Waals surface area contributed by atoms with Crippen molar-refractivity contribution in [3.05, 3.63) is 58.4 Å². The van der Waals surface area contributed by atoms with Gasteiger partial charge in [0, 0.05) is 0 Å². The fraction of sp³-hybridized carbons (Fsp3) is 0.444. The van der Waals surface area contributed by atoms with Crippen molar-refractivity contribution in [2.75, 3.05) is 0 Å². The minimum Gasteiger partial charge on any atom is -0.347 e. The Balaban J connectivity index is 1.70. The Labute approximate surface area is 146 Å². The Bertz CT molecular complexity index is 723. The van der Waals surface area contributed by atoms with Crippen LogP contribution in [-0.4, -0.2) is 20.6 Å². The Morgan fingerprint density at radius 1 is 1.28 bits per heavy atom. The average Bonchev–Trinajstić information content (AvgIpc) is 3.10. The summed E-state index contributed by atoms with van der Waals surface area (Å²) in [5, 5.41) is 17.7. The van der Waals surface area contributed by atoms with Gasteiger partial charge in [-0.1, -0.05) is 49.6 Å². The van der Waals surface area contributed by atoms with E-state index >= 15 is 0 Å². The van der Waals surface area contributed by atoms with Crippen LogP contribution in [0.15, 0.2) is 42.7 Å². The monoisotopic (exact) mass is 342 g/mol. The molecular weight excluding hydrogens is 320 g/mol. The maximum atomic E-state index is 12.5. The van der Waals surface area contributed by atoms with Gasteiger partial charge in [-0.05, 0) is 24.3 Å². The molecule has 25 heavy (non-hydrogen) atoms. The molecular formula is C18H22N4O3. The van der Waals surface area contributed by atoms with Gasteiger partial charge in [0.25, 0.3) is 0 Å². The third kappa shape index (κ3) is 4.43. The van der Waals surface area contributed by atoms with E-state index in [2.05, 4.69) is 10.4 Å². The summed E-state index contributed by atoms with van der Waals surface area (Å²) in [7, 11) is 0. The van der Waals surface area contributed by atoms with E-state index in [-0.39, 0.29) is 24.2 Å². The first-order chi connectivity index (χ1) is 12.1. The third-order valence-corrected chi connectivity index (χ3v) is 4.73. The maximum Gasteiger partial charge on any atom is 0.307 e. The van der Waals surface area contributed by atoms with Gasteiger partial charge in [0.1, 0.15) is 18.9 Å². The first-order valence-corrected chi connectivity index (χ1v) is 8.64. The Morgan fingerprint density at radius 3 is 2.64 bits per heavy atom. The predicted molar refractivity (Wildman–Crippen MR) is 92.8 cm³/mol. The molecule has 1 atom stereocenters. The summed E-state index contributed by atoms with van der Waals surface area (Å²) >= 11 is 0. The number of carbonyl (C=O) groups excluding carboxylic acids is 1. The normalized spacial score (nSPS) is 16.3. The lowest BCUT2D eigenvalue weighted by molar-refractivity contribution is -0.385. The molecule has 1 saturated carbocycles. The van der Waals surface area contributed by atoms with E-state index in [1.807, 2.05) is 30.3 Å². The number of hydrogen-bond acceptors (Lipinski definition) is 4. The highest BCUT2D eigenvalue weighted by Gasteiger charge is 2.26. The average molecular weight is 342 g/mol. The zero-order chi connectivity index (χ0) is 17.6. The van der Waals surface area contributed by atoms with Gasteiger partial charge in [0.2, 0.25) is 5.91 Å². The SMILES string of the molecule is O=C(Cn1cc([N+](=O)[O-])cn1)NC(c1ccccc1)C1CCCCC1. The summed E-state index contributed by atoms with van der Waals surface area (Å²) < 4.78 is 1.30. The van der Waals surface area contributed by atoms with Crippen LogP contribution >= 0.6 is 0 Å². The topological polar surface area (TPSA) is 90.1 Å². The van der Waals surface area contributed by atoms with Crippen molar-refractivity contribution in [2.45, 2.75) is 44.7 Å². The van der Waals surface area contributed by atoms with Gasteiger partial charge in [0.05, 0.1) is 11.0 Å². The first kappa shape index (κ1) is 17.1. The van der Waals surface area contributed by atoms with E-state index in [1.54, 1.807) is 0 Å². The highest BCUT2D eigenvalue weighted by molar-refractivity contribution is 5.76. The second-order valence-electron chi connectivity index (χ2n) is 6.51. The van der Waals surface area contributed by atoms with Crippen molar-refractivity contribution in [1.82, 2.24) is 15.1 Å². The molecule has 7 heteroatoms. The number of nitrogens with zero attached hydrogens (tertiary/aromatic N) is 3. The number of carbonyl (C=O) groups is 1. The second kappa shape index (κ2) is 7.92. The lowest BCUT2D eigenvalue weighted by Gasteiger charge is -2.31. The number of amides is 1. The van der Waals surface area contributed by atoms with E-state index in [9.17, 15) is 14.9 Å². The van der Waals surface area contributed by atoms with E-state index in [4.69, 9.17) is 0 Å². The van der Waals surface area contributed by atoms with Crippen LogP contribution in [0.25, 0.3) is 0 Å². The number of benzene rings is 1. The summed E-state index contributed by atoms with van der Waals surface area (Å²) in [5.41, 5.74) is 0.994. The minimum atomic E-state index is -0.518. The molecule has 0 aliphatic heterocycles. The van der Waals surface area contributed by atoms with Gasteiger partial charge in [-0.15, -0.1) is 0 Å². The second-order valence-corrected chi connectivity index (χ2v) is 6.51. The van der Waals surface area contributed by atoms with Crippen LogP contribution in [0.1, 0.15) is 43.7 Å². The van der Waals surface area contributed by atoms with Crippen LogP contribution < -0.4 is 5.32 Å². The molecule has 0 radical (unpaired) electrons. The Morgan fingerprint density at radius 2 is 2.00 bits per heavy atom. The molecule has 1 heterocycles. The van der Waals surface area contributed by atoms with Crippen molar-refractivity contribution in [3.63, 3.8) is 0 Å². The highest BCUT2D eigenvalue weighted by atomic mass is 16.6.